The van der Waals surface area contributed by atoms with Crippen LogP contribution in [-0.2, 0) is 11.9 Å². The molecule has 11 heteroatoms. The number of alkyl halides is 3. The summed E-state index contributed by atoms with van der Waals surface area (Å²) in [5.74, 6) is -1.48. The molecule has 2 N–H and O–H groups in total. The van der Waals surface area contributed by atoms with Gasteiger partial charge in [-0.3, -0.25) is 9.59 Å². The van der Waals surface area contributed by atoms with Crippen LogP contribution in [0.3, 0.4) is 0 Å². The molecule has 3 aromatic carbocycles. The first-order valence-corrected chi connectivity index (χ1v) is 9.20. The fraction of sp³-hybridized carbons (Fsp3) is 0.100. The Morgan fingerprint density at radius 1 is 0.968 bits per heavy atom. The number of rotatable bonds is 7. The van der Waals surface area contributed by atoms with Crippen LogP contribution in [0.25, 0.3) is 11.4 Å². The molecule has 0 aliphatic carbocycles. The van der Waals surface area contributed by atoms with Crippen molar-refractivity contribution in [2.45, 2.75) is 11.9 Å². The van der Waals surface area contributed by atoms with Gasteiger partial charge in [-0.2, -0.15) is 13.8 Å². The molecule has 0 saturated carbocycles. The summed E-state index contributed by atoms with van der Waals surface area (Å²) in [6.45, 7) is 0.209. The number of benzene rings is 2. The molecule has 0 fully saturated rings. The van der Waals surface area contributed by atoms with Crippen molar-refractivity contribution in [3.8, 4) is 11.4 Å². The predicted molar refractivity (Wildman–Crippen MR) is 108 cm³/mol. The highest BCUT2D eigenvalue weighted by Crippen LogP contribution is 2.32. The molecular formula is C20H12ClF3N4O3. The second-order valence-corrected chi connectivity index (χ2v) is 6.99. The van der Waals surface area contributed by atoms with Crippen LogP contribution in [0.1, 0.15) is 11.5 Å². The van der Waals surface area contributed by atoms with Gasteiger partial charge in [0.2, 0.25) is 5.82 Å². The fourth-order valence-electron chi connectivity index (χ4n) is 2.78. The number of nitrogens with one attached hydrogen (secondary N) is 2. The van der Waals surface area contributed by atoms with Crippen LogP contribution in [0, 0.1) is 5.82 Å². The van der Waals surface area contributed by atoms with E-state index in [0.717, 1.165) is 5.56 Å². The fourth-order valence-corrected chi connectivity index (χ4v) is 2.85. The largest absolute Gasteiger partial charge is 0.400 e. The number of nitrogens with zero attached hydrogens (tertiary/aromatic N) is 2. The minimum Gasteiger partial charge on any atom is -0.376 e. The summed E-state index contributed by atoms with van der Waals surface area (Å²) in [5, 5.41) is 5.40. The van der Waals surface area contributed by atoms with Gasteiger partial charge in [0.15, 0.2) is 0 Å². The Hall–Kier alpha value is -3.66. The minimum absolute atomic E-state index is 0.0527. The van der Waals surface area contributed by atoms with Crippen molar-refractivity contribution in [3.63, 3.8) is 0 Å². The molecule has 4 aromatic rings. The monoisotopic (exact) mass is 448 g/mol. The van der Waals surface area contributed by atoms with Crippen LogP contribution in [0.5, 0.6) is 0 Å². The number of hydrogen-bond acceptors (Lipinski definition) is 7. The highest BCUT2D eigenvalue weighted by molar-refractivity contribution is 6.21. The highest BCUT2D eigenvalue weighted by Gasteiger charge is 2.35. The third kappa shape index (κ3) is 4.29. The second kappa shape index (κ2) is 7.88. The molecule has 1 heterocycles. The molecule has 0 aliphatic heterocycles. The summed E-state index contributed by atoms with van der Waals surface area (Å²) in [4.78, 5) is 27.3. The van der Waals surface area contributed by atoms with Crippen molar-refractivity contribution in [1.29, 1.82) is 0 Å². The number of anilines is 3. The van der Waals surface area contributed by atoms with Gasteiger partial charge in [0, 0.05) is 17.8 Å². The van der Waals surface area contributed by atoms with E-state index in [1.165, 1.54) is 24.3 Å². The molecule has 31 heavy (non-hydrogen) atoms. The van der Waals surface area contributed by atoms with Gasteiger partial charge in [-0.25, -0.2) is 4.39 Å². The Balaban J connectivity index is 1.44. The molecule has 0 amide bonds. The molecule has 1 aromatic heterocycles. The summed E-state index contributed by atoms with van der Waals surface area (Å²) in [5.41, 5.74) is 0.486. The highest BCUT2D eigenvalue weighted by atomic mass is 35.5. The van der Waals surface area contributed by atoms with E-state index in [4.69, 9.17) is 11.6 Å². The molecular weight excluding hydrogens is 437 g/mol. The minimum atomic E-state index is -3.75. The van der Waals surface area contributed by atoms with Gasteiger partial charge >= 0.3 is 11.3 Å². The van der Waals surface area contributed by atoms with E-state index in [1.807, 2.05) is 0 Å². The average molecular weight is 449 g/mol. The zero-order valence-electron chi connectivity index (χ0n) is 15.5. The smallest absolute Gasteiger partial charge is 0.376 e. The summed E-state index contributed by atoms with van der Waals surface area (Å²) >= 11 is 4.85. The van der Waals surface area contributed by atoms with E-state index in [2.05, 4.69) is 25.3 Å². The number of hydrogen-bond donors (Lipinski definition) is 2. The SMILES string of the molecule is O=c1c(NCc2ccc(-c3noc(C(F)(F)Cl)n3)cc2)c(Nc2ccc(F)cc2)c1=O. The van der Waals surface area contributed by atoms with Gasteiger partial charge in [-0.15, -0.1) is 0 Å². The van der Waals surface area contributed by atoms with Crippen LogP contribution in [0.15, 0.2) is 62.6 Å². The Morgan fingerprint density at radius 3 is 2.23 bits per heavy atom. The lowest BCUT2D eigenvalue weighted by Crippen LogP contribution is -2.36. The van der Waals surface area contributed by atoms with Crippen molar-refractivity contribution in [2.24, 2.45) is 0 Å². The maximum Gasteiger partial charge on any atom is 0.400 e. The van der Waals surface area contributed by atoms with Crippen LogP contribution in [-0.4, -0.2) is 10.1 Å². The second-order valence-electron chi connectivity index (χ2n) is 6.51. The van der Waals surface area contributed by atoms with Crippen molar-refractivity contribution in [3.05, 3.63) is 86.2 Å². The Kier molecular flexibility index (Phi) is 5.24. The summed E-state index contributed by atoms with van der Waals surface area (Å²) in [6.07, 6.45) is 0. The molecule has 4 rings (SSSR count). The lowest BCUT2D eigenvalue weighted by atomic mass is 10.1. The van der Waals surface area contributed by atoms with Gasteiger partial charge in [0.1, 0.15) is 17.2 Å². The van der Waals surface area contributed by atoms with Crippen molar-refractivity contribution < 1.29 is 17.7 Å². The molecule has 0 atom stereocenters. The zero-order chi connectivity index (χ0) is 22.2. The topological polar surface area (TPSA) is 97.1 Å². The van der Waals surface area contributed by atoms with E-state index < -0.39 is 27.9 Å². The first-order valence-electron chi connectivity index (χ1n) is 8.82. The molecule has 0 radical (unpaired) electrons. The van der Waals surface area contributed by atoms with Crippen molar-refractivity contribution in [2.75, 3.05) is 10.6 Å². The Labute approximate surface area is 177 Å². The molecule has 158 valence electrons. The standard InChI is InChI=1S/C20H12ClF3N4O3/c21-20(23,24)19-27-18(28-31-19)11-3-1-10(2-4-11)9-25-14-15(17(30)16(14)29)26-13-7-5-12(22)6-8-13/h1-8,25-26H,9H2. The molecule has 7 nitrogen and oxygen atoms in total. The third-order valence-corrected chi connectivity index (χ3v) is 4.54. The van der Waals surface area contributed by atoms with Crippen LogP contribution in [0.2, 0.25) is 0 Å². The summed E-state index contributed by atoms with van der Waals surface area (Å²) in [6, 6.07) is 11.8. The van der Waals surface area contributed by atoms with Crippen molar-refractivity contribution in [1.82, 2.24) is 10.1 Å². The molecule has 0 bridgehead atoms. The first kappa shape index (κ1) is 20.6. The Morgan fingerprint density at radius 2 is 1.61 bits per heavy atom. The molecule has 0 aliphatic rings. The maximum absolute atomic E-state index is 13.0. The maximum atomic E-state index is 13.0. The van der Waals surface area contributed by atoms with E-state index in [-0.39, 0.29) is 23.7 Å². The number of halogens is 4. The Bertz CT molecular complexity index is 1290. The van der Waals surface area contributed by atoms with E-state index in [9.17, 15) is 22.8 Å². The van der Waals surface area contributed by atoms with Gasteiger partial charge in [0.05, 0.1) is 0 Å². The first-order chi connectivity index (χ1) is 14.7. The van der Waals surface area contributed by atoms with Gasteiger partial charge in [-0.1, -0.05) is 29.4 Å². The van der Waals surface area contributed by atoms with Gasteiger partial charge in [0.25, 0.3) is 10.9 Å². The molecule has 0 saturated heterocycles. The van der Waals surface area contributed by atoms with E-state index in [1.54, 1.807) is 24.3 Å². The van der Waals surface area contributed by atoms with E-state index in [0.29, 0.717) is 11.3 Å². The third-order valence-electron chi connectivity index (χ3n) is 4.37. The van der Waals surface area contributed by atoms with Gasteiger partial charge < -0.3 is 15.2 Å². The van der Waals surface area contributed by atoms with E-state index >= 15 is 0 Å². The average Bonchev–Trinajstić information content (AvgIpc) is 3.25. The molecule has 0 spiro atoms. The molecule has 0 unspecified atom stereocenters. The lowest BCUT2D eigenvalue weighted by Gasteiger charge is -2.15. The predicted octanol–water partition coefficient (Wildman–Crippen LogP) is 4.12. The van der Waals surface area contributed by atoms with Crippen LogP contribution in [0.4, 0.5) is 30.2 Å². The summed E-state index contributed by atoms with van der Waals surface area (Å²) in [7, 11) is 0. The number of aromatic nitrogens is 2. The normalized spacial score (nSPS) is 11.6. The zero-order valence-corrected chi connectivity index (χ0v) is 16.2. The van der Waals surface area contributed by atoms with Crippen molar-refractivity contribution >= 4 is 28.7 Å². The van der Waals surface area contributed by atoms with Crippen LogP contribution < -0.4 is 21.5 Å². The summed E-state index contributed by atoms with van der Waals surface area (Å²) < 4.78 is 43.4. The quantitative estimate of drug-likeness (QED) is 0.324. The lowest BCUT2D eigenvalue weighted by molar-refractivity contribution is 0.0551. The van der Waals surface area contributed by atoms with Crippen LogP contribution >= 0.6 is 11.6 Å². The van der Waals surface area contributed by atoms with Gasteiger partial charge in [-0.05, 0) is 41.4 Å².